The number of aryl methyl sites for hydroxylation is 1. The number of nitrogens with two attached hydrogens (primary N) is 1. The molecule has 0 bridgehead atoms. The highest BCUT2D eigenvalue weighted by Crippen LogP contribution is 2.22. The number of halogens is 1. The minimum Gasteiger partial charge on any atom is -0.374 e. The smallest absolute Gasteiger partial charge is 0.291 e. The molecular formula is C9H9FN4O2S2. The van der Waals surface area contributed by atoms with Crippen LogP contribution in [0.3, 0.4) is 0 Å². The van der Waals surface area contributed by atoms with Crippen LogP contribution in [0.4, 0.5) is 15.2 Å². The monoisotopic (exact) mass is 288 g/mol. The van der Waals surface area contributed by atoms with Crippen LogP contribution in [0.1, 0.15) is 5.56 Å². The van der Waals surface area contributed by atoms with Crippen molar-refractivity contribution in [2.24, 2.45) is 0 Å². The van der Waals surface area contributed by atoms with Crippen molar-refractivity contribution in [2.75, 3.05) is 10.5 Å². The van der Waals surface area contributed by atoms with Crippen LogP contribution in [0.25, 0.3) is 0 Å². The van der Waals surface area contributed by atoms with E-state index in [2.05, 4.69) is 14.9 Å². The molecule has 2 aromatic rings. The molecule has 0 fully saturated rings. The second-order valence-electron chi connectivity index (χ2n) is 3.50. The summed E-state index contributed by atoms with van der Waals surface area (Å²) in [7, 11) is -3.95. The summed E-state index contributed by atoms with van der Waals surface area (Å²) >= 11 is 0.706. The van der Waals surface area contributed by atoms with Gasteiger partial charge < -0.3 is 5.73 Å². The lowest BCUT2D eigenvalue weighted by molar-refractivity contribution is 0.596. The van der Waals surface area contributed by atoms with Crippen molar-refractivity contribution >= 4 is 32.2 Å². The fourth-order valence-electron chi connectivity index (χ4n) is 1.22. The summed E-state index contributed by atoms with van der Waals surface area (Å²) in [5.74, 6) is -0.656. The van der Waals surface area contributed by atoms with Crippen LogP contribution in [0.5, 0.6) is 0 Å². The van der Waals surface area contributed by atoms with E-state index in [1.807, 2.05) is 0 Å². The van der Waals surface area contributed by atoms with Crippen LogP contribution in [-0.2, 0) is 10.0 Å². The summed E-state index contributed by atoms with van der Waals surface area (Å²) < 4.78 is 39.0. The van der Waals surface area contributed by atoms with E-state index in [-0.39, 0.29) is 15.2 Å². The van der Waals surface area contributed by atoms with Crippen molar-refractivity contribution in [3.63, 3.8) is 0 Å². The third kappa shape index (κ3) is 2.57. The van der Waals surface area contributed by atoms with Crippen LogP contribution in [0.2, 0.25) is 0 Å². The number of nitrogens with one attached hydrogen (secondary N) is 1. The minimum absolute atomic E-state index is 0.0275. The maximum atomic E-state index is 13.5. The zero-order chi connectivity index (χ0) is 13.3. The van der Waals surface area contributed by atoms with Crippen molar-refractivity contribution in [1.82, 2.24) is 10.2 Å². The van der Waals surface area contributed by atoms with Crippen molar-refractivity contribution < 1.29 is 12.8 Å². The van der Waals surface area contributed by atoms with Gasteiger partial charge in [0, 0.05) is 0 Å². The maximum absolute atomic E-state index is 13.5. The summed E-state index contributed by atoms with van der Waals surface area (Å²) in [6, 6.07) is 4.16. The van der Waals surface area contributed by atoms with E-state index in [0.717, 1.165) is 0 Å². The third-order valence-electron chi connectivity index (χ3n) is 2.02. The first-order chi connectivity index (χ1) is 8.38. The zero-order valence-electron chi connectivity index (χ0n) is 9.21. The minimum atomic E-state index is -3.95. The summed E-state index contributed by atoms with van der Waals surface area (Å²) in [4.78, 5) is 0. The Kier molecular flexibility index (Phi) is 3.18. The molecule has 0 aliphatic heterocycles. The summed E-state index contributed by atoms with van der Waals surface area (Å²) in [5.41, 5.74) is 5.84. The Bertz CT molecular complexity index is 684. The van der Waals surface area contributed by atoms with Gasteiger partial charge in [0.25, 0.3) is 14.4 Å². The Morgan fingerprint density at radius 3 is 2.67 bits per heavy atom. The van der Waals surface area contributed by atoms with Gasteiger partial charge in [-0.25, -0.2) is 4.39 Å². The normalized spacial score (nSPS) is 11.4. The molecule has 3 N–H and O–H groups in total. The number of hydrogen-bond donors (Lipinski definition) is 2. The number of nitrogens with zero attached hydrogens (tertiary/aromatic N) is 2. The second kappa shape index (κ2) is 4.50. The lowest BCUT2D eigenvalue weighted by Crippen LogP contribution is -2.13. The molecular weight excluding hydrogens is 279 g/mol. The molecule has 2 rings (SSSR count). The van der Waals surface area contributed by atoms with E-state index in [1.54, 1.807) is 13.0 Å². The van der Waals surface area contributed by atoms with Crippen LogP contribution in [-0.4, -0.2) is 18.6 Å². The molecule has 0 radical (unpaired) electrons. The highest BCUT2D eigenvalue weighted by atomic mass is 32.2. The molecule has 0 unspecified atom stereocenters. The Labute approximate surface area is 107 Å². The van der Waals surface area contributed by atoms with Gasteiger partial charge in [-0.1, -0.05) is 17.4 Å². The Morgan fingerprint density at radius 2 is 2.11 bits per heavy atom. The third-order valence-corrected chi connectivity index (χ3v) is 4.51. The van der Waals surface area contributed by atoms with Gasteiger partial charge in [-0.05, 0) is 24.6 Å². The molecule has 0 saturated carbocycles. The van der Waals surface area contributed by atoms with Crippen LogP contribution >= 0.6 is 11.3 Å². The van der Waals surface area contributed by atoms with Crippen LogP contribution < -0.4 is 10.5 Å². The number of benzene rings is 1. The first kappa shape index (κ1) is 12.7. The Morgan fingerprint density at radius 1 is 1.39 bits per heavy atom. The largest absolute Gasteiger partial charge is 0.374 e. The topological polar surface area (TPSA) is 98.0 Å². The highest BCUT2D eigenvalue weighted by Gasteiger charge is 2.21. The molecule has 0 saturated heterocycles. The van der Waals surface area contributed by atoms with Crippen molar-refractivity contribution in [2.45, 2.75) is 11.3 Å². The molecule has 0 amide bonds. The van der Waals surface area contributed by atoms with E-state index < -0.39 is 15.8 Å². The number of hydrogen-bond acceptors (Lipinski definition) is 6. The van der Waals surface area contributed by atoms with Crippen LogP contribution in [0, 0.1) is 12.7 Å². The first-order valence-corrected chi connectivity index (χ1v) is 7.06. The summed E-state index contributed by atoms with van der Waals surface area (Å²) in [5, 5.41) is 6.82. The number of anilines is 2. The lowest BCUT2D eigenvalue weighted by atomic mass is 10.2. The molecule has 96 valence electrons. The number of rotatable bonds is 3. The maximum Gasteiger partial charge on any atom is 0.291 e. The van der Waals surface area contributed by atoms with E-state index in [4.69, 9.17) is 5.73 Å². The lowest BCUT2D eigenvalue weighted by Gasteiger charge is -2.06. The average molecular weight is 288 g/mol. The molecule has 0 atom stereocenters. The van der Waals surface area contributed by atoms with Crippen LogP contribution in [0.15, 0.2) is 22.5 Å². The fourth-order valence-corrected chi connectivity index (χ4v) is 3.07. The standard InChI is InChI=1S/C9H9FN4O2S2/c1-5-2-3-7(6(10)4-5)14-18(15,16)9-13-12-8(11)17-9/h2-4,14H,1H3,(H2,11,12). The average Bonchev–Trinajstić information content (AvgIpc) is 2.70. The molecule has 1 heterocycles. The molecule has 1 aromatic carbocycles. The zero-order valence-corrected chi connectivity index (χ0v) is 10.8. The fraction of sp³-hybridized carbons (Fsp3) is 0.111. The van der Waals surface area contributed by atoms with Crippen molar-refractivity contribution in [1.29, 1.82) is 0 Å². The molecule has 0 aliphatic rings. The Balaban J connectivity index is 2.33. The Hall–Kier alpha value is -1.74. The summed E-state index contributed by atoms with van der Waals surface area (Å²) in [6.07, 6.45) is 0. The van der Waals surface area contributed by atoms with Gasteiger partial charge in [0.2, 0.25) is 5.13 Å². The summed E-state index contributed by atoms with van der Waals surface area (Å²) in [6.45, 7) is 1.70. The van der Waals surface area contributed by atoms with E-state index in [0.29, 0.717) is 16.9 Å². The van der Waals surface area contributed by atoms with Crippen molar-refractivity contribution in [3.8, 4) is 0 Å². The van der Waals surface area contributed by atoms with Gasteiger partial charge in [0.05, 0.1) is 5.69 Å². The van der Waals surface area contributed by atoms with E-state index in [1.165, 1.54) is 12.1 Å². The predicted octanol–water partition coefficient (Wildman–Crippen LogP) is 1.37. The second-order valence-corrected chi connectivity index (χ2v) is 6.36. The highest BCUT2D eigenvalue weighted by molar-refractivity contribution is 7.94. The van der Waals surface area contributed by atoms with Gasteiger partial charge in [-0.15, -0.1) is 10.2 Å². The number of nitrogen functional groups attached to an aromatic ring is 1. The quantitative estimate of drug-likeness (QED) is 0.888. The van der Waals surface area contributed by atoms with Gasteiger partial charge in [0.1, 0.15) is 5.82 Å². The van der Waals surface area contributed by atoms with Gasteiger partial charge >= 0.3 is 0 Å². The van der Waals surface area contributed by atoms with E-state index >= 15 is 0 Å². The van der Waals surface area contributed by atoms with Gasteiger partial charge in [-0.3, -0.25) is 4.72 Å². The number of aromatic nitrogens is 2. The SMILES string of the molecule is Cc1ccc(NS(=O)(=O)c2nnc(N)s2)c(F)c1. The van der Waals surface area contributed by atoms with Gasteiger partial charge in [-0.2, -0.15) is 8.42 Å². The molecule has 1 aromatic heterocycles. The van der Waals surface area contributed by atoms with E-state index in [9.17, 15) is 12.8 Å². The first-order valence-electron chi connectivity index (χ1n) is 4.76. The molecule has 6 nitrogen and oxygen atoms in total. The molecule has 9 heteroatoms. The molecule has 18 heavy (non-hydrogen) atoms. The predicted molar refractivity (Wildman–Crippen MR) is 66.3 cm³/mol. The molecule has 0 aliphatic carbocycles. The number of sulfonamides is 1. The molecule has 0 spiro atoms. The van der Waals surface area contributed by atoms with Gasteiger partial charge in [0.15, 0.2) is 0 Å². The van der Waals surface area contributed by atoms with Crippen molar-refractivity contribution in [3.05, 3.63) is 29.6 Å².